The second-order valence-electron chi connectivity index (χ2n) is 6.39. The van der Waals surface area contributed by atoms with Gasteiger partial charge in [-0.05, 0) is 30.7 Å². The van der Waals surface area contributed by atoms with Gasteiger partial charge in [-0.3, -0.25) is 14.5 Å². The number of rotatable bonds is 5. The standard InChI is InChI=1S/C20H19N5O3/c1-13(14-4-5-18-15(8-14)9-17(27-3)11-21-18)28-20-19(26)6-7-25(23-20)16-10-22-24(2)12-16/h4-13H,1-3H3. The van der Waals surface area contributed by atoms with Crippen molar-refractivity contribution in [2.75, 3.05) is 7.11 Å². The van der Waals surface area contributed by atoms with Gasteiger partial charge >= 0.3 is 0 Å². The van der Waals surface area contributed by atoms with Gasteiger partial charge in [0.1, 0.15) is 17.5 Å². The Morgan fingerprint density at radius 1 is 1.14 bits per heavy atom. The summed E-state index contributed by atoms with van der Waals surface area (Å²) in [5.74, 6) is 0.713. The Labute approximate surface area is 161 Å². The lowest BCUT2D eigenvalue weighted by molar-refractivity contribution is 0.211. The van der Waals surface area contributed by atoms with Gasteiger partial charge in [0.15, 0.2) is 0 Å². The van der Waals surface area contributed by atoms with E-state index in [1.54, 1.807) is 41.3 Å². The summed E-state index contributed by atoms with van der Waals surface area (Å²) in [6, 6.07) is 9.15. The fraction of sp³-hybridized carbons (Fsp3) is 0.200. The van der Waals surface area contributed by atoms with Crippen molar-refractivity contribution >= 4 is 10.9 Å². The summed E-state index contributed by atoms with van der Waals surface area (Å²) in [6.07, 6.45) is 6.35. The van der Waals surface area contributed by atoms with Crippen LogP contribution in [0.2, 0.25) is 0 Å². The van der Waals surface area contributed by atoms with E-state index in [1.165, 1.54) is 6.07 Å². The van der Waals surface area contributed by atoms with E-state index in [9.17, 15) is 4.79 Å². The van der Waals surface area contributed by atoms with Crippen LogP contribution in [0, 0.1) is 0 Å². The van der Waals surface area contributed by atoms with Crippen molar-refractivity contribution in [3.63, 3.8) is 0 Å². The molecule has 0 N–H and O–H groups in total. The third kappa shape index (κ3) is 3.44. The molecule has 3 heterocycles. The molecule has 0 radical (unpaired) electrons. The molecule has 0 saturated heterocycles. The van der Waals surface area contributed by atoms with Gasteiger partial charge in [-0.2, -0.15) is 5.10 Å². The normalized spacial score (nSPS) is 12.1. The van der Waals surface area contributed by atoms with Crippen LogP contribution in [0.3, 0.4) is 0 Å². The molecule has 142 valence electrons. The fourth-order valence-corrected chi connectivity index (χ4v) is 2.87. The Hall–Kier alpha value is -3.68. The molecule has 8 heteroatoms. The molecule has 1 atom stereocenters. The van der Waals surface area contributed by atoms with Crippen LogP contribution in [-0.4, -0.2) is 31.7 Å². The highest BCUT2D eigenvalue weighted by atomic mass is 16.5. The van der Waals surface area contributed by atoms with E-state index >= 15 is 0 Å². The van der Waals surface area contributed by atoms with Gasteiger partial charge in [0.25, 0.3) is 5.88 Å². The van der Waals surface area contributed by atoms with Gasteiger partial charge in [0.2, 0.25) is 5.43 Å². The molecule has 3 aromatic heterocycles. The smallest absolute Gasteiger partial charge is 0.280 e. The highest BCUT2D eigenvalue weighted by Gasteiger charge is 2.13. The lowest BCUT2D eigenvalue weighted by atomic mass is 10.1. The molecule has 4 rings (SSSR count). The molecule has 0 saturated carbocycles. The van der Waals surface area contributed by atoms with Crippen LogP contribution in [0.4, 0.5) is 0 Å². The van der Waals surface area contributed by atoms with Gasteiger partial charge in [-0.25, -0.2) is 4.68 Å². The number of pyridine rings is 1. The molecule has 0 aliphatic carbocycles. The largest absolute Gasteiger partial charge is 0.495 e. The number of methoxy groups -OCH3 is 1. The Morgan fingerprint density at radius 3 is 2.75 bits per heavy atom. The van der Waals surface area contributed by atoms with Gasteiger partial charge in [0, 0.05) is 24.7 Å². The minimum Gasteiger partial charge on any atom is -0.495 e. The lowest BCUT2D eigenvalue weighted by Crippen LogP contribution is -2.16. The first-order valence-corrected chi connectivity index (χ1v) is 8.73. The predicted molar refractivity (Wildman–Crippen MR) is 104 cm³/mol. The summed E-state index contributed by atoms with van der Waals surface area (Å²) < 4.78 is 14.3. The predicted octanol–water partition coefficient (Wildman–Crippen LogP) is 2.66. The van der Waals surface area contributed by atoms with Gasteiger partial charge in [-0.1, -0.05) is 6.07 Å². The van der Waals surface area contributed by atoms with Gasteiger partial charge in [0.05, 0.1) is 31.2 Å². The summed E-state index contributed by atoms with van der Waals surface area (Å²) >= 11 is 0. The zero-order valence-electron chi connectivity index (χ0n) is 15.7. The maximum absolute atomic E-state index is 12.2. The quantitative estimate of drug-likeness (QED) is 0.532. The molecule has 0 aliphatic rings. The number of fused-ring (bicyclic) bond motifs is 1. The molecule has 0 aliphatic heterocycles. The molecular formula is C20H19N5O3. The minimum absolute atomic E-state index is 0.0303. The topological polar surface area (TPSA) is 84.1 Å². The molecule has 1 aromatic carbocycles. The first-order chi connectivity index (χ1) is 13.5. The number of benzene rings is 1. The van der Waals surface area contributed by atoms with E-state index in [2.05, 4.69) is 15.2 Å². The monoisotopic (exact) mass is 377 g/mol. The zero-order valence-corrected chi connectivity index (χ0v) is 15.7. The summed E-state index contributed by atoms with van der Waals surface area (Å²) in [7, 11) is 3.42. The average molecular weight is 377 g/mol. The van der Waals surface area contributed by atoms with E-state index in [1.807, 2.05) is 38.2 Å². The molecule has 4 aromatic rings. The van der Waals surface area contributed by atoms with Crippen LogP contribution in [0.15, 0.2) is 59.9 Å². The second-order valence-corrected chi connectivity index (χ2v) is 6.39. The second kappa shape index (κ2) is 7.15. The first-order valence-electron chi connectivity index (χ1n) is 8.73. The summed E-state index contributed by atoms with van der Waals surface area (Å²) in [6.45, 7) is 1.87. The van der Waals surface area contributed by atoms with Crippen molar-refractivity contribution in [2.45, 2.75) is 13.0 Å². The molecule has 0 amide bonds. The summed E-state index contributed by atoms with van der Waals surface area (Å²) in [5, 5.41) is 9.36. The molecule has 1 unspecified atom stereocenters. The maximum Gasteiger partial charge on any atom is 0.280 e. The fourth-order valence-electron chi connectivity index (χ4n) is 2.87. The van der Waals surface area contributed by atoms with Crippen molar-refractivity contribution in [1.82, 2.24) is 24.5 Å². The minimum atomic E-state index is -0.374. The number of ether oxygens (including phenoxy) is 2. The Bertz CT molecular complexity index is 1200. The SMILES string of the molecule is COc1cnc2ccc(C(C)Oc3nn(-c4cnn(C)c4)ccc3=O)cc2c1. The third-order valence-corrected chi connectivity index (χ3v) is 4.41. The summed E-state index contributed by atoms with van der Waals surface area (Å²) in [4.78, 5) is 16.6. The van der Waals surface area contributed by atoms with Crippen LogP contribution in [-0.2, 0) is 7.05 Å². The molecular weight excluding hydrogens is 358 g/mol. The Balaban J connectivity index is 1.63. The van der Waals surface area contributed by atoms with Gasteiger partial charge < -0.3 is 9.47 Å². The van der Waals surface area contributed by atoms with E-state index in [-0.39, 0.29) is 17.4 Å². The number of hydrogen-bond donors (Lipinski definition) is 0. The maximum atomic E-state index is 12.2. The molecule has 8 nitrogen and oxygen atoms in total. The number of nitrogens with zero attached hydrogens (tertiary/aromatic N) is 5. The van der Waals surface area contributed by atoms with Gasteiger partial charge in [-0.15, -0.1) is 5.10 Å². The highest BCUT2D eigenvalue weighted by Crippen LogP contribution is 2.24. The van der Waals surface area contributed by atoms with Crippen molar-refractivity contribution in [3.8, 4) is 17.3 Å². The van der Waals surface area contributed by atoms with E-state index in [0.717, 1.165) is 22.2 Å². The van der Waals surface area contributed by atoms with Crippen molar-refractivity contribution in [1.29, 1.82) is 0 Å². The third-order valence-electron chi connectivity index (χ3n) is 4.41. The van der Waals surface area contributed by atoms with E-state index in [0.29, 0.717) is 5.75 Å². The summed E-state index contributed by atoms with van der Waals surface area (Å²) in [5.41, 5.74) is 2.22. The number of aromatic nitrogens is 5. The van der Waals surface area contributed by atoms with Crippen molar-refractivity contribution in [3.05, 3.63) is 70.9 Å². The lowest BCUT2D eigenvalue weighted by Gasteiger charge is -2.15. The van der Waals surface area contributed by atoms with E-state index < -0.39 is 0 Å². The van der Waals surface area contributed by atoms with Crippen LogP contribution < -0.4 is 14.9 Å². The molecule has 0 bridgehead atoms. The Kier molecular flexibility index (Phi) is 4.52. The van der Waals surface area contributed by atoms with Crippen LogP contribution >= 0.6 is 0 Å². The Morgan fingerprint density at radius 2 is 2.00 bits per heavy atom. The zero-order chi connectivity index (χ0) is 19.7. The van der Waals surface area contributed by atoms with E-state index in [4.69, 9.17) is 9.47 Å². The highest BCUT2D eigenvalue weighted by molar-refractivity contribution is 5.80. The number of aryl methyl sites for hydroxylation is 1. The first kappa shape index (κ1) is 17.7. The van der Waals surface area contributed by atoms with Crippen LogP contribution in [0.1, 0.15) is 18.6 Å². The molecule has 0 fully saturated rings. The van der Waals surface area contributed by atoms with Crippen molar-refractivity contribution < 1.29 is 9.47 Å². The van der Waals surface area contributed by atoms with Crippen LogP contribution in [0.5, 0.6) is 11.6 Å². The van der Waals surface area contributed by atoms with Crippen LogP contribution in [0.25, 0.3) is 16.6 Å². The van der Waals surface area contributed by atoms with Crippen molar-refractivity contribution in [2.24, 2.45) is 7.05 Å². The number of hydrogen-bond acceptors (Lipinski definition) is 6. The molecule has 0 spiro atoms. The average Bonchev–Trinajstić information content (AvgIpc) is 3.15. The molecule has 28 heavy (non-hydrogen) atoms.